The zero-order chi connectivity index (χ0) is 10.1. The topological polar surface area (TPSA) is 28.8 Å². The van der Waals surface area contributed by atoms with Gasteiger partial charge in [-0.3, -0.25) is 5.41 Å². The van der Waals surface area contributed by atoms with Crippen molar-refractivity contribution < 1.29 is 4.39 Å². The predicted octanol–water partition coefficient (Wildman–Crippen LogP) is 1.95. The molecule has 2 nitrogen and oxygen atoms in total. The molecule has 1 heterocycles. The molecule has 0 aliphatic rings. The number of rotatable bonds is 1. The molecule has 0 amide bonds. The highest BCUT2D eigenvalue weighted by atomic mass is 32.1. The molecule has 0 saturated heterocycles. The van der Waals surface area contributed by atoms with E-state index in [9.17, 15) is 4.39 Å². The quantitative estimate of drug-likeness (QED) is 0.691. The lowest BCUT2D eigenvalue weighted by Crippen LogP contribution is -2.12. The smallest absolute Gasteiger partial charge is 0.183 e. The van der Waals surface area contributed by atoms with Gasteiger partial charge in [-0.1, -0.05) is 23.3 Å². The number of terminal acetylenes is 1. The standard InChI is InChI=1S/C10H7FN2S/c1-2-6-13-9-7(11)4-3-5-8(9)14-10(13)12/h1,3-5,12H,6H2. The first-order chi connectivity index (χ1) is 6.74. The third-order valence-corrected chi connectivity index (χ3v) is 2.88. The van der Waals surface area contributed by atoms with Gasteiger partial charge in [0, 0.05) is 0 Å². The van der Waals surface area contributed by atoms with Crippen LogP contribution in [-0.2, 0) is 6.54 Å². The maximum Gasteiger partial charge on any atom is 0.183 e. The van der Waals surface area contributed by atoms with Crippen LogP contribution >= 0.6 is 11.3 Å². The Morgan fingerprint density at radius 1 is 1.57 bits per heavy atom. The van der Waals surface area contributed by atoms with Crippen LogP contribution in [0.4, 0.5) is 4.39 Å². The molecule has 14 heavy (non-hydrogen) atoms. The summed E-state index contributed by atoms with van der Waals surface area (Å²) in [6, 6.07) is 4.80. The van der Waals surface area contributed by atoms with Crippen LogP contribution < -0.4 is 4.80 Å². The number of hydrogen-bond donors (Lipinski definition) is 1. The van der Waals surface area contributed by atoms with Crippen LogP contribution in [0, 0.1) is 23.6 Å². The van der Waals surface area contributed by atoms with E-state index in [0.717, 1.165) is 4.70 Å². The average molecular weight is 206 g/mol. The van der Waals surface area contributed by atoms with Crippen LogP contribution in [0.1, 0.15) is 0 Å². The van der Waals surface area contributed by atoms with E-state index in [0.29, 0.717) is 5.52 Å². The molecule has 1 N–H and O–H groups in total. The summed E-state index contributed by atoms with van der Waals surface area (Å²) in [5.41, 5.74) is 0.431. The molecule has 0 aliphatic carbocycles. The van der Waals surface area contributed by atoms with Gasteiger partial charge in [0.25, 0.3) is 0 Å². The molecular weight excluding hydrogens is 199 g/mol. The molecule has 0 bridgehead atoms. The van der Waals surface area contributed by atoms with Crippen LogP contribution in [0.25, 0.3) is 10.2 Å². The normalized spacial score (nSPS) is 10.3. The number of thiazole rings is 1. The van der Waals surface area contributed by atoms with E-state index in [2.05, 4.69) is 5.92 Å². The van der Waals surface area contributed by atoms with E-state index in [4.69, 9.17) is 11.8 Å². The van der Waals surface area contributed by atoms with Crippen molar-refractivity contribution in [1.82, 2.24) is 4.57 Å². The largest absolute Gasteiger partial charge is 0.303 e. The first-order valence-corrected chi connectivity index (χ1v) is 4.81. The van der Waals surface area contributed by atoms with Gasteiger partial charge >= 0.3 is 0 Å². The molecule has 1 aromatic heterocycles. The van der Waals surface area contributed by atoms with E-state index in [-0.39, 0.29) is 17.2 Å². The summed E-state index contributed by atoms with van der Waals surface area (Å²) in [4.78, 5) is 0.281. The summed E-state index contributed by atoms with van der Waals surface area (Å²) >= 11 is 1.23. The lowest BCUT2D eigenvalue weighted by Gasteiger charge is -1.99. The Labute approximate surface area is 84.1 Å². The Morgan fingerprint density at radius 2 is 2.36 bits per heavy atom. The van der Waals surface area contributed by atoms with Crippen LogP contribution in [0.15, 0.2) is 18.2 Å². The van der Waals surface area contributed by atoms with Gasteiger partial charge < -0.3 is 4.57 Å². The molecule has 2 rings (SSSR count). The fraction of sp³-hybridized carbons (Fsp3) is 0.100. The Hall–Kier alpha value is -1.60. The lowest BCUT2D eigenvalue weighted by molar-refractivity contribution is 0.627. The van der Waals surface area contributed by atoms with Crippen molar-refractivity contribution >= 4 is 21.6 Å². The summed E-state index contributed by atoms with van der Waals surface area (Å²) in [6.45, 7) is 0.236. The highest BCUT2D eigenvalue weighted by molar-refractivity contribution is 7.16. The Balaban J connectivity index is 2.88. The van der Waals surface area contributed by atoms with Crippen LogP contribution in [0.2, 0.25) is 0 Å². The Kier molecular flexibility index (Phi) is 2.10. The fourth-order valence-corrected chi connectivity index (χ4v) is 2.27. The van der Waals surface area contributed by atoms with Gasteiger partial charge in [0.15, 0.2) is 4.80 Å². The van der Waals surface area contributed by atoms with E-state index >= 15 is 0 Å². The van der Waals surface area contributed by atoms with Crippen molar-refractivity contribution in [3.8, 4) is 12.3 Å². The molecule has 0 fully saturated rings. The highest BCUT2D eigenvalue weighted by Crippen LogP contribution is 2.19. The van der Waals surface area contributed by atoms with E-state index in [1.54, 1.807) is 12.1 Å². The number of nitrogens with one attached hydrogen (secondary N) is 1. The van der Waals surface area contributed by atoms with Gasteiger partial charge in [-0.2, -0.15) is 0 Å². The Bertz CT molecular complexity index is 574. The number of nitrogens with zero attached hydrogens (tertiary/aromatic N) is 1. The second kappa shape index (κ2) is 3.28. The summed E-state index contributed by atoms with van der Waals surface area (Å²) in [6.07, 6.45) is 5.16. The van der Waals surface area contributed by atoms with Crippen LogP contribution in [0.3, 0.4) is 0 Å². The van der Waals surface area contributed by atoms with Crippen molar-refractivity contribution in [3.05, 3.63) is 28.8 Å². The third kappa shape index (κ3) is 1.22. The SMILES string of the molecule is C#CCn1c(=N)sc2cccc(F)c21. The van der Waals surface area contributed by atoms with Gasteiger partial charge in [-0.25, -0.2) is 4.39 Å². The van der Waals surface area contributed by atoms with Crippen molar-refractivity contribution in [2.24, 2.45) is 0 Å². The van der Waals surface area contributed by atoms with E-state index in [1.165, 1.54) is 22.0 Å². The van der Waals surface area contributed by atoms with Gasteiger partial charge in [0.05, 0.1) is 16.8 Å². The number of halogens is 1. The number of benzene rings is 1. The van der Waals surface area contributed by atoms with Gasteiger partial charge in [0.1, 0.15) is 5.82 Å². The van der Waals surface area contributed by atoms with Gasteiger partial charge in [-0.15, -0.1) is 6.42 Å². The summed E-state index contributed by atoms with van der Waals surface area (Å²) in [5.74, 6) is 2.09. The maximum absolute atomic E-state index is 13.4. The summed E-state index contributed by atoms with van der Waals surface area (Å²) < 4.78 is 15.7. The second-order valence-corrected chi connectivity index (χ2v) is 3.81. The fourth-order valence-electron chi connectivity index (χ4n) is 1.34. The molecule has 0 atom stereocenters. The van der Waals surface area contributed by atoms with Crippen LogP contribution in [-0.4, -0.2) is 4.57 Å². The van der Waals surface area contributed by atoms with Gasteiger partial charge in [-0.05, 0) is 12.1 Å². The molecule has 70 valence electrons. The van der Waals surface area contributed by atoms with Crippen molar-refractivity contribution in [3.63, 3.8) is 0 Å². The van der Waals surface area contributed by atoms with Crippen molar-refractivity contribution in [2.75, 3.05) is 0 Å². The number of hydrogen-bond acceptors (Lipinski definition) is 2. The minimum absolute atomic E-state index is 0.236. The molecule has 0 unspecified atom stereocenters. The Morgan fingerprint density at radius 3 is 3.07 bits per heavy atom. The zero-order valence-corrected chi connectivity index (χ0v) is 8.07. The van der Waals surface area contributed by atoms with Crippen molar-refractivity contribution in [2.45, 2.75) is 6.54 Å². The van der Waals surface area contributed by atoms with E-state index < -0.39 is 0 Å². The first-order valence-electron chi connectivity index (χ1n) is 4.00. The summed E-state index contributed by atoms with van der Waals surface area (Å²) in [5, 5.41) is 7.62. The summed E-state index contributed by atoms with van der Waals surface area (Å²) in [7, 11) is 0. The number of aromatic nitrogens is 1. The third-order valence-electron chi connectivity index (χ3n) is 1.92. The number of fused-ring (bicyclic) bond motifs is 1. The second-order valence-electron chi connectivity index (χ2n) is 2.78. The van der Waals surface area contributed by atoms with Crippen molar-refractivity contribution in [1.29, 1.82) is 5.41 Å². The average Bonchev–Trinajstić information content (AvgIpc) is 2.45. The van der Waals surface area contributed by atoms with E-state index in [1.807, 2.05) is 0 Å². The predicted molar refractivity (Wildman–Crippen MR) is 54.5 cm³/mol. The minimum Gasteiger partial charge on any atom is -0.303 e. The molecule has 0 aliphatic heterocycles. The van der Waals surface area contributed by atoms with Gasteiger partial charge in [0.2, 0.25) is 0 Å². The molecule has 0 saturated carbocycles. The monoisotopic (exact) mass is 206 g/mol. The minimum atomic E-state index is -0.326. The molecule has 1 aromatic carbocycles. The molecule has 0 spiro atoms. The zero-order valence-electron chi connectivity index (χ0n) is 7.25. The van der Waals surface area contributed by atoms with Crippen LogP contribution in [0.5, 0.6) is 0 Å². The highest BCUT2D eigenvalue weighted by Gasteiger charge is 2.08. The number of para-hydroxylation sites is 1. The first kappa shape index (κ1) is 8.97. The molecule has 0 radical (unpaired) electrons. The molecule has 2 aromatic rings. The lowest BCUT2D eigenvalue weighted by atomic mass is 10.3. The molecule has 4 heteroatoms. The molecular formula is C10H7FN2S. The maximum atomic E-state index is 13.4.